The second-order valence-corrected chi connectivity index (χ2v) is 5.57. The van der Waals surface area contributed by atoms with Gasteiger partial charge in [-0.1, -0.05) is 6.92 Å². The first-order valence-electron chi connectivity index (χ1n) is 6.58. The van der Waals surface area contributed by atoms with Gasteiger partial charge in [-0.2, -0.15) is 4.98 Å². The molecule has 2 aromatic heterocycles. The number of hydrogen-bond acceptors (Lipinski definition) is 5. The number of rotatable bonds is 6. The van der Waals surface area contributed by atoms with E-state index in [0.29, 0.717) is 18.3 Å². The summed E-state index contributed by atoms with van der Waals surface area (Å²) >= 11 is 1.58. The molecule has 1 N–H and O–H groups in total. The van der Waals surface area contributed by atoms with Gasteiger partial charge in [0.25, 0.3) is 6.43 Å². The number of halogens is 2. The van der Waals surface area contributed by atoms with Crippen molar-refractivity contribution in [1.82, 2.24) is 9.97 Å². The minimum Gasteiger partial charge on any atom is -0.354 e. The normalized spacial score (nSPS) is 11.3. The minimum absolute atomic E-state index is 0.338. The number of nitrogens with one attached hydrogen (secondary N) is 1. The molecule has 0 unspecified atom stereocenters. The fourth-order valence-electron chi connectivity index (χ4n) is 1.95. The Bertz CT molecular complexity index is 585. The highest BCUT2D eigenvalue weighted by Crippen LogP contribution is 2.32. The van der Waals surface area contributed by atoms with E-state index in [1.165, 1.54) is 9.78 Å². The van der Waals surface area contributed by atoms with Crippen molar-refractivity contribution in [1.29, 1.82) is 0 Å². The second-order valence-electron chi connectivity index (χ2n) is 4.46. The average Bonchev–Trinajstić information content (AvgIpc) is 2.80. The highest BCUT2D eigenvalue weighted by Gasteiger charge is 2.17. The number of nitrogens with zero attached hydrogens (tertiary/aromatic N) is 3. The van der Waals surface area contributed by atoms with E-state index in [4.69, 9.17) is 0 Å². The molecule has 0 fully saturated rings. The summed E-state index contributed by atoms with van der Waals surface area (Å²) in [6, 6.07) is 1.99. The summed E-state index contributed by atoms with van der Waals surface area (Å²) in [6.07, 6.45) is -1.49. The standard InChI is InChI=1S/C13H18F2N4S/c1-4-8-6-9-11(19(3)7-10(14)15)17-13(16-5-2)18-12(9)20-8/h6,10H,4-5,7H2,1-3H3,(H,16,17,18). The molecule has 0 atom stereocenters. The number of aromatic nitrogens is 2. The van der Waals surface area contributed by atoms with Gasteiger partial charge < -0.3 is 10.2 Å². The maximum absolute atomic E-state index is 12.6. The van der Waals surface area contributed by atoms with Crippen LogP contribution in [0.2, 0.25) is 0 Å². The number of aryl methyl sites for hydroxylation is 1. The number of thiophene rings is 1. The fraction of sp³-hybridized carbons (Fsp3) is 0.538. The molecular weight excluding hydrogens is 282 g/mol. The molecule has 4 nitrogen and oxygen atoms in total. The molecule has 0 aromatic carbocycles. The van der Waals surface area contributed by atoms with Crippen LogP contribution < -0.4 is 10.2 Å². The predicted molar refractivity (Wildman–Crippen MR) is 80.2 cm³/mol. The lowest BCUT2D eigenvalue weighted by molar-refractivity contribution is 0.156. The van der Waals surface area contributed by atoms with Crippen molar-refractivity contribution in [3.05, 3.63) is 10.9 Å². The average molecular weight is 300 g/mol. The molecule has 0 radical (unpaired) electrons. The van der Waals surface area contributed by atoms with Crippen LogP contribution in [0, 0.1) is 0 Å². The van der Waals surface area contributed by atoms with Crippen molar-refractivity contribution < 1.29 is 8.78 Å². The maximum Gasteiger partial charge on any atom is 0.255 e. The van der Waals surface area contributed by atoms with Crippen LogP contribution in [-0.4, -0.2) is 36.5 Å². The van der Waals surface area contributed by atoms with Crippen molar-refractivity contribution >= 4 is 33.3 Å². The molecule has 20 heavy (non-hydrogen) atoms. The molecule has 0 saturated heterocycles. The summed E-state index contributed by atoms with van der Waals surface area (Å²) < 4.78 is 25.2. The van der Waals surface area contributed by atoms with E-state index < -0.39 is 6.43 Å². The van der Waals surface area contributed by atoms with Gasteiger partial charge in [-0.05, 0) is 19.4 Å². The Balaban J connectivity index is 2.50. The van der Waals surface area contributed by atoms with Crippen LogP contribution >= 0.6 is 11.3 Å². The SMILES string of the molecule is CCNc1nc(N(C)CC(F)F)c2cc(CC)sc2n1. The smallest absolute Gasteiger partial charge is 0.255 e. The van der Waals surface area contributed by atoms with Crippen molar-refractivity contribution in [2.45, 2.75) is 26.7 Å². The Morgan fingerprint density at radius 3 is 2.70 bits per heavy atom. The van der Waals surface area contributed by atoms with Gasteiger partial charge in [0.2, 0.25) is 5.95 Å². The molecule has 2 heterocycles. The summed E-state index contributed by atoms with van der Waals surface area (Å²) in [5.41, 5.74) is 0. The third-order valence-electron chi connectivity index (χ3n) is 2.88. The minimum atomic E-state index is -2.39. The highest BCUT2D eigenvalue weighted by molar-refractivity contribution is 7.18. The summed E-state index contributed by atoms with van der Waals surface area (Å²) in [5.74, 6) is 1.04. The van der Waals surface area contributed by atoms with Crippen LogP contribution in [0.5, 0.6) is 0 Å². The molecule has 2 aromatic rings. The zero-order valence-electron chi connectivity index (χ0n) is 11.8. The van der Waals surface area contributed by atoms with Gasteiger partial charge in [0.1, 0.15) is 10.6 Å². The van der Waals surface area contributed by atoms with Gasteiger partial charge >= 0.3 is 0 Å². The summed E-state index contributed by atoms with van der Waals surface area (Å²) in [4.78, 5) is 12.3. The van der Waals surface area contributed by atoms with E-state index in [1.54, 1.807) is 18.4 Å². The second kappa shape index (κ2) is 6.30. The Kier molecular flexibility index (Phi) is 4.69. The van der Waals surface area contributed by atoms with E-state index in [1.807, 2.05) is 13.0 Å². The molecular formula is C13H18F2N4S. The molecule has 0 aliphatic carbocycles. The molecule has 0 aliphatic heterocycles. The Morgan fingerprint density at radius 2 is 2.10 bits per heavy atom. The van der Waals surface area contributed by atoms with Crippen molar-refractivity contribution in [3.8, 4) is 0 Å². The van der Waals surface area contributed by atoms with Crippen LogP contribution in [0.25, 0.3) is 10.2 Å². The number of fused-ring (bicyclic) bond motifs is 1. The van der Waals surface area contributed by atoms with Gasteiger partial charge in [-0.3, -0.25) is 0 Å². The number of alkyl halides is 2. The quantitative estimate of drug-likeness (QED) is 0.888. The highest BCUT2D eigenvalue weighted by atomic mass is 32.1. The molecule has 0 aliphatic rings. The van der Waals surface area contributed by atoms with Crippen LogP contribution in [0.3, 0.4) is 0 Å². The molecule has 7 heteroatoms. The number of hydrogen-bond donors (Lipinski definition) is 1. The van der Waals surface area contributed by atoms with Crippen LogP contribution in [-0.2, 0) is 6.42 Å². The first-order chi connectivity index (χ1) is 9.55. The van der Waals surface area contributed by atoms with Crippen LogP contribution in [0.4, 0.5) is 20.5 Å². The van der Waals surface area contributed by atoms with E-state index in [0.717, 1.165) is 16.6 Å². The zero-order chi connectivity index (χ0) is 14.7. The molecule has 0 bridgehead atoms. The van der Waals surface area contributed by atoms with E-state index in [-0.39, 0.29) is 6.54 Å². The largest absolute Gasteiger partial charge is 0.354 e. The molecule has 2 rings (SSSR count). The molecule has 0 spiro atoms. The molecule has 0 amide bonds. The summed E-state index contributed by atoms with van der Waals surface area (Å²) in [7, 11) is 1.63. The van der Waals surface area contributed by atoms with E-state index in [9.17, 15) is 8.78 Å². The van der Waals surface area contributed by atoms with Gasteiger partial charge in [0, 0.05) is 18.5 Å². The predicted octanol–water partition coefficient (Wildman–Crippen LogP) is 3.39. The third kappa shape index (κ3) is 3.15. The molecule has 110 valence electrons. The summed E-state index contributed by atoms with van der Waals surface area (Å²) in [5, 5.41) is 3.89. The topological polar surface area (TPSA) is 41.1 Å². The van der Waals surface area contributed by atoms with Crippen molar-refractivity contribution in [2.24, 2.45) is 0 Å². The fourth-order valence-corrected chi connectivity index (χ4v) is 2.91. The van der Waals surface area contributed by atoms with Crippen molar-refractivity contribution in [3.63, 3.8) is 0 Å². The first-order valence-corrected chi connectivity index (χ1v) is 7.40. The lowest BCUT2D eigenvalue weighted by atomic mass is 10.3. The Hall–Kier alpha value is -1.50. The van der Waals surface area contributed by atoms with Crippen LogP contribution in [0.1, 0.15) is 18.7 Å². The number of anilines is 2. The first kappa shape index (κ1) is 14.9. The van der Waals surface area contributed by atoms with Gasteiger partial charge in [-0.25, -0.2) is 13.8 Å². The summed E-state index contributed by atoms with van der Waals surface area (Å²) in [6.45, 7) is 4.36. The van der Waals surface area contributed by atoms with Gasteiger partial charge in [0.05, 0.1) is 11.9 Å². The Labute approximate surface area is 120 Å². The van der Waals surface area contributed by atoms with Gasteiger partial charge in [-0.15, -0.1) is 11.3 Å². The lowest BCUT2D eigenvalue weighted by Crippen LogP contribution is -2.25. The lowest BCUT2D eigenvalue weighted by Gasteiger charge is -2.19. The van der Waals surface area contributed by atoms with Gasteiger partial charge in [0.15, 0.2) is 0 Å². The third-order valence-corrected chi connectivity index (χ3v) is 4.05. The van der Waals surface area contributed by atoms with E-state index >= 15 is 0 Å². The van der Waals surface area contributed by atoms with E-state index in [2.05, 4.69) is 22.2 Å². The Morgan fingerprint density at radius 1 is 1.35 bits per heavy atom. The van der Waals surface area contributed by atoms with Crippen molar-refractivity contribution in [2.75, 3.05) is 30.4 Å². The maximum atomic E-state index is 12.6. The van der Waals surface area contributed by atoms with Crippen LogP contribution in [0.15, 0.2) is 6.07 Å². The molecule has 0 saturated carbocycles. The zero-order valence-corrected chi connectivity index (χ0v) is 12.6. The monoisotopic (exact) mass is 300 g/mol.